The highest BCUT2D eigenvalue weighted by molar-refractivity contribution is 5.86. The lowest BCUT2D eigenvalue weighted by Crippen LogP contribution is -2.16. The van der Waals surface area contributed by atoms with Crippen LogP contribution in [0.25, 0.3) is 5.65 Å². The molecular weight excluding hydrogens is 244 g/mol. The van der Waals surface area contributed by atoms with E-state index in [1.807, 2.05) is 0 Å². The first-order valence-electron chi connectivity index (χ1n) is 6.40. The van der Waals surface area contributed by atoms with Crippen molar-refractivity contribution in [2.24, 2.45) is 5.92 Å². The molecule has 6 heteroatoms. The van der Waals surface area contributed by atoms with Gasteiger partial charge in [-0.05, 0) is 38.1 Å². The minimum absolute atomic E-state index is 0.226. The van der Waals surface area contributed by atoms with E-state index in [4.69, 9.17) is 0 Å². The molecular formula is C13H16N4O2. The number of carboxylic acid groups (broad SMARTS) is 1. The first-order valence-corrected chi connectivity index (χ1v) is 6.40. The predicted molar refractivity (Wildman–Crippen MR) is 69.3 cm³/mol. The number of hydrogen-bond acceptors (Lipinski definition) is 4. The minimum Gasteiger partial charge on any atom is -0.477 e. The smallest absolute Gasteiger partial charge is 0.352 e. The van der Waals surface area contributed by atoms with E-state index >= 15 is 0 Å². The molecule has 1 atom stereocenters. The molecule has 19 heavy (non-hydrogen) atoms. The summed E-state index contributed by atoms with van der Waals surface area (Å²) in [5, 5.41) is 17.5. The number of carboxylic acids is 1. The predicted octanol–water partition coefficient (Wildman–Crippen LogP) is 0.922. The first kappa shape index (κ1) is 12.1. The summed E-state index contributed by atoms with van der Waals surface area (Å²) in [5.41, 5.74) is 0.824. The van der Waals surface area contributed by atoms with Crippen molar-refractivity contribution in [1.29, 1.82) is 0 Å². The van der Waals surface area contributed by atoms with Crippen LogP contribution >= 0.6 is 0 Å². The van der Waals surface area contributed by atoms with Crippen molar-refractivity contribution >= 4 is 11.6 Å². The van der Waals surface area contributed by atoms with Crippen LogP contribution in [0.4, 0.5) is 0 Å². The van der Waals surface area contributed by atoms with Gasteiger partial charge in [0.05, 0.1) is 0 Å². The Bertz CT molecular complexity index is 622. The number of aromatic nitrogens is 3. The maximum atomic E-state index is 11.3. The lowest BCUT2D eigenvalue weighted by Gasteiger charge is -2.10. The molecule has 3 rings (SSSR count). The Balaban J connectivity index is 1.97. The van der Waals surface area contributed by atoms with Crippen LogP contribution in [0, 0.1) is 5.92 Å². The molecule has 1 saturated heterocycles. The molecule has 1 unspecified atom stereocenters. The van der Waals surface area contributed by atoms with Crippen molar-refractivity contribution < 1.29 is 9.90 Å². The van der Waals surface area contributed by atoms with Crippen molar-refractivity contribution in [3.8, 4) is 0 Å². The van der Waals surface area contributed by atoms with Gasteiger partial charge in [0.1, 0.15) is 11.5 Å². The fourth-order valence-corrected chi connectivity index (χ4v) is 2.75. The highest BCUT2D eigenvalue weighted by Gasteiger charge is 2.23. The average molecular weight is 260 g/mol. The second-order valence-electron chi connectivity index (χ2n) is 5.15. The quantitative estimate of drug-likeness (QED) is 0.888. The van der Waals surface area contributed by atoms with Crippen LogP contribution < -0.4 is 0 Å². The Kier molecular flexibility index (Phi) is 2.94. The number of likely N-dealkylation sites (tertiary alicyclic amines) is 1. The van der Waals surface area contributed by atoms with Crippen LogP contribution in [0.5, 0.6) is 0 Å². The molecule has 0 amide bonds. The van der Waals surface area contributed by atoms with Gasteiger partial charge in [-0.1, -0.05) is 6.07 Å². The summed E-state index contributed by atoms with van der Waals surface area (Å²) in [6.07, 6.45) is 1.90. The zero-order valence-electron chi connectivity index (χ0n) is 10.8. The summed E-state index contributed by atoms with van der Waals surface area (Å²) in [7, 11) is 2.10. The average Bonchev–Trinajstić information content (AvgIpc) is 2.97. The van der Waals surface area contributed by atoms with Crippen molar-refractivity contribution in [3.63, 3.8) is 0 Å². The summed E-state index contributed by atoms with van der Waals surface area (Å²) in [4.78, 5) is 13.6. The van der Waals surface area contributed by atoms with Crippen LogP contribution in [0.3, 0.4) is 0 Å². The van der Waals surface area contributed by atoms with Gasteiger partial charge < -0.3 is 10.0 Å². The van der Waals surface area contributed by atoms with Gasteiger partial charge in [0, 0.05) is 13.0 Å². The number of hydrogen-bond donors (Lipinski definition) is 1. The van der Waals surface area contributed by atoms with Gasteiger partial charge in [0.25, 0.3) is 0 Å². The first-order chi connectivity index (χ1) is 9.15. The largest absolute Gasteiger partial charge is 0.477 e. The molecule has 0 aliphatic carbocycles. The van der Waals surface area contributed by atoms with Gasteiger partial charge in [-0.15, -0.1) is 10.2 Å². The van der Waals surface area contributed by atoms with Crippen LogP contribution in [-0.4, -0.2) is 50.7 Å². The maximum Gasteiger partial charge on any atom is 0.352 e. The highest BCUT2D eigenvalue weighted by Crippen LogP contribution is 2.20. The number of pyridine rings is 1. The fraction of sp³-hybridized carbons (Fsp3) is 0.462. The third-order valence-electron chi connectivity index (χ3n) is 3.67. The monoisotopic (exact) mass is 260 g/mol. The van der Waals surface area contributed by atoms with Gasteiger partial charge in [-0.25, -0.2) is 4.79 Å². The Morgan fingerprint density at radius 3 is 3.00 bits per heavy atom. The van der Waals surface area contributed by atoms with Gasteiger partial charge >= 0.3 is 5.97 Å². The van der Waals surface area contributed by atoms with Gasteiger partial charge in [-0.3, -0.25) is 4.40 Å². The van der Waals surface area contributed by atoms with Crippen LogP contribution in [0.1, 0.15) is 22.7 Å². The molecule has 2 aromatic heterocycles. The number of aromatic carboxylic acids is 1. The Hall–Kier alpha value is -1.95. The van der Waals surface area contributed by atoms with Gasteiger partial charge in [0.2, 0.25) is 0 Å². The van der Waals surface area contributed by atoms with E-state index in [0.29, 0.717) is 11.6 Å². The standard InChI is InChI=1S/C13H16N4O2/c1-16-6-5-9(8-16)7-12-15-14-11-4-2-3-10(13(18)19)17(11)12/h2-4,9H,5-8H2,1H3,(H,18,19). The molecule has 0 bridgehead atoms. The molecule has 2 aromatic rings. The summed E-state index contributed by atoms with van der Waals surface area (Å²) in [5.74, 6) is 0.322. The molecule has 1 aliphatic heterocycles. The number of carbonyl (C=O) groups is 1. The van der Waals surface area contributed by atoms with Gasteiger partial charge in [-0.2, -0.15) is 0 Å². The van der Waals surface area contributed by atoms with E-state index in [9.17, 15) is 9.90 Å². The lowest BCUT2D eigenvalue weighted by molar-refractivity contribution is 0.0688. The zero-order chi connectivity index (χ0) is 13.4. The Morgan fingerprint density at radius 1 is 1.47 bits per heavy atom. The third kappa shape index (κ3) is 2.19. The summed E-state index contributed by atoms with van der Waals surface area (Å²) < 4.78 is 1.65. The van der Waals surface area contributed by atoms with E-state index in [2.05, 4.69) is 22.1 Å². The molecule has 1 fully saturated rings. The van der Waals surface area contributed by atoms with E-state index < -0.39 is 5.97 Å². The second-order valence-corrected chi connectivity index (χ2v) is 5.15. The molecule has 3 heterocycles. The zero-order valence-corrected chi connectivity index (χ0v) is 10.8. The summed E-state index contributed by atoms with van der Waals surface area (Å²) >= 11 is 0. The SMILES string of the molecule is CN1CCC(Cc2nnc3cccc(C(=O)O)n23)C1. The highest BCUT2D eigenvalue weighted by atomic mass is 16.4. The number of fused-ring (bicyclic) bond motifs is 1. The maximum absolute atomic E-state index is 11.3. The molecule has 0 aromatic carbocycles. The Morgan fingerprint density at radius 2 is 2.32 bits per heavy atom. The van der Waals surface area contributed by atoms with E-state index in [0.717, 1.165) is 31.8 Å². The summed E-state index contributed by atoms with van der Waals surface area (Å²) in [6.45, 7) is 2.12. The van der Waals surface area contributed by atoms with Crippen molar-refractivity contribution in [2.45, 2.75) is 12.8 Å². The second kappa shape index (κ2) is 4.62. The molecule has 0 radical (unpaired) electrons. The minimum atomic E-state index is -0.949. The molecule has 0 spiro atoms. The van der Waals surface area contributed by atoms with Crippen molar-refractivity contribution in [1.82, 2.24) is 19.5 Å². The van der Waals surface area contributed by atoms with Crippen LogP contribution in [0.2, 0.25) is 0 Å². The van der Waals surface area contributed by atoms with Crippen LogP contribution in [-0.2, 0) is 6.42 Å². The van der Waals surface area contributed by atoms with E-state index in [1.165, 1.54) is 0 Å². The third-order valence-corrected chi connectivity index (χ3v) is 3.67. The molecule has 100 valence electrons. The van der Waals surface area contributed by atoms with Gasteiger partial charge in [0.15, 0.2) is 5.65 Å². The van der Waals surface area contributed by atoms with E-state index in [1.54, 1.807) is 22.6 Å². The lowest BCUT2D eigenvalue weighted by atomic mass is 10.0. The fourth-order valence-electron chi connectivity index (χ4n) is 2.75. The molecule has 1 N–H and O–H groups in total. The number of rotatable bonds is 3. The van der Waals surface area contributed by atoms with Crippen LogP contribution in [0.15, 0.2) is 18.2 Å². The topological polar surface area (TPSA) is 70.7 Å². The Labute approximate surface area is 110 Å². The van der Waals surface area contributed by atoms with Crippen molar-refractivity contribution in [3.05, 3.63) is 29.7 Å². The van der Waals surface area contributed by atoms with Crippen molar-refractivity contribution in [2.75, 3.05) is 20.1 Å². The molecule has 1 aliphatic rings. The molecule has 0 saturated carbocycles. The summed E-state index contributed by atoms with van der Waals surface area (Å²) in [6, 6.07) is 5.06. The normalized spacial score (nSPS) is 20.2. The molecule has 6 nitrogen and oxygen atoms in total. The number of nitrogens with zero attached hydrogens (tertiary/aromatic N) is 4. The van der Waals surface area contributed by atoms with E-state index in [-0.39, 0.29) is 5.69 Å².